The first-order valence-corrected chi connectivity index (χ1v) is 8.11. The molecular weight excluding hydrogens is 276 g/mol. The first-order valence-electron chi connectivity index (χ1n) is 8.11. The predicted octanol–water partition coefficient (Wildman–Crippen LogP) is 2.54. The maximum absolute atomic E-state index is 5.94. The smallest absolute Gasteiger partial charge is 0.193 e. The number of nitrogens with one attached hydrogen (secondary N) is 1. The third kappa shape index (κ3) is 5.22. The predicted molar refractivity (Wildman–Crippen MR) is 92.6 cm³/mol. The Balaban J connectivity index is 1.73. The number of benzene rings is 1. The minimum atomic E-state index is 0.441. The molecule has 1 fully saturated rings. The fraction of sp³-hybridized carbons (Fsp3) is 0.588. The number of methoxy groups -OCH3 is 1. The maximum atomic E-state index is 5.94. The van der Waals surface area contributed by atoms with E-state index in [0.29, 0.717) is 5.96 Å². The first-order chi connectivity index (χ1) is 10.7. The molecule has 1 aromatic carbocycles. The van der Waals surface area contributed by atoms with Crippen molar-refractivity contribution >= 4 is 11.6 Å². The second kappa shape index (κ2) is 8.63. The number of rotatable bonds is 6. The average Bonchev–Trinajstić information content (AvgIpc) is 2.52. The largest absolute Gasteiger partial charge is 0.495 e. The molecule has 5 heteroatoms. The zero-order valence-electron chi connectivity index (χ0n) is 13.7. The Labute approximate surface area is 133 Å². The molecule has 0 bridgehead atoms. The summed E-state index contributed by atoms with van der Waals surface area (Å²) in [6, 6.07) is 7.69. The van der Waals surface area contributed by atoms with E-state index in [-0.39, 0.29) is 0 Å². The molecular formula is C17H28N4O. The molecule has 3 N–H and O–H groups in total. The molecule has 122 valence electrons. The second-order valence-electron chi connectivity index (χ2n) is 5.99. The zero-order chi connectivity index (χ0) is 15.8. The average molecular weight is 304 g/mol. The summed E-state index contributed by atoms with van der Waals surface area (Å²) in [5, 5.41) is 3.10. The van der Waals surface area contributed by atoms with E-state index in [2.05, 4.69) is 22.1 Å². The Morgan fingerprint density at radius 1 is 1.45 bits per heavy atom. The summed E-state index contributed by atoms with van der Waals surface area (Å²) in [4.78, 5) is 6.93. The van der Waals surface area contributed by atoms with Crippen LogP contribution in [0.2, 0.25) is 0 Å². The van der Waals surface area contributed by atoms with Crippen LogP contribution in [0.4, 0.5) is 5.69 Å². The monoisotopic (exact) mass is 304 g/mol. The number of guanidine groups is 1. The molecule has 5 nitrogen and oxygen atoms in total. The van der Waals surface area contributed by atoms with E-state index in [0.717, 1.165) is 36.9 Å². The van der Waals surface area contributed by atoms with Gasteiger partial charge in [-0.25, -0.2) is 0 Å². The minimum Gasteiger partial charge on any atom is -0.495 e. The van der Waals surface area contributed by atoms with Gasteiger partial charge in [0.1, 0.15) is 5.75 Å². The Hall–Kier alpha value is -1.75. The number of ether oxygens (including phenoxy) is 1. The summed E-state index contributed by atoms with van der Waals surface area (Å²) in [6.45, 7) is 6.63. The summed E-state index contributed by atoms with van der Waals surface area (Å²) < 4.78 is 5.28. The molecule has 1 aliphatic heterocycles. The summed E-state index contributed by atoms with van der Waals surface area (Å²) in [7, 11) is 1.65. The lowest BCUT2D eigenvalue weighted by Gasteiger charge is -2.30. The third-order valence-electron chi connectivity index (χ3n) is 4.03. The Bertz CT molecular complexity index is 489. The molecule has 0 radical (unpaired) electrons. The van der Waals surface area contributed by atoms with Gasteiger partial charge in [0.25, 0.3) is 0 Å². The summed E-state index contributed by atoms with van der Waals surface area (Å²) in [5.41, 5.74) is 6.78. The lowest BCUT2D eigenvalue weighted by Crippen LogP contribution is -2.35. The summed E-state index contributed by atoms with van der Waals surface area (Å²) in [5.74, 6) is 2.04. The molecule has 1 aromatic rings. The minimum absolute atomic E-state index is 0.441. The van der Waals surface area contributed by atoms with E-state index in [4.69, 9.17) is 10.5 Å². The van der Waals surface area contributed by atoms with E-state index in [1.807, 2.05) is 24.3 Å². The summed E-state index contributed by atoms with van der Waals surface area (Å²) in [6.07, 6.45) is 3.73. The Morgan fingerprint density at radius 3 is 3.05 bits per heavy atom. The molecule has 1 heterocycles. The van der Waals surface area contributed by atoms with E-state index in [9.17, 15) is 0 Å². The molecule has 1 aliphatic rings. The Morgan fingerprint density at radius 2 is 2.27 bits per heavy atom. The highest BCUT2D eigenvalue weighted by molar-refractivity contribution is 5.93. The first kappa shape index (κ1) is 16.6. The van der Waals surface area contributed by atoms with Crippen LogP contribution in [0.3, 0.4) is 0 Å². The lowest BCUT2D eigenvalue weighted by molar-refractivity contribution is 0.183. The fourth-order valence-corrected chi connectivity index (χ4v) is 2.91. The van der Waals surface area contributed by atoms with Gasteiger partial charge in [0.2, 0.25) is 0 Å². The molecule has 0 saturated carbocycles. The van der Waals surface area contributed by atoms with Gasteiger partial charge in [-0.3, -0.25) is 4.99 Å². The van der Waals surface area contributed by atoms with Crippen LogP contribution in [0, 0.1) is 5.92 Å². The lowest BCUT2D eigenvalue weighted by atomic mass is 10.0. The number of nitrogens with two attached hydrogens (primary N) is 1. The van der Waals surface area contributed by atoms with Gasteiger partial charge in [-0.15, -0.1) is 0 Å². The van der Waals surface area contributed by atoms with Crippen molar-refractivity contribution in [3.63, 3.8) is 0 Å². The van der Waals surface area contributed by atoms with Crippen molar-refractivity contribution in [3.05, 3.63) is 24.3 Å². The highest BCUT2D eigenvalue weighted by Crippen LogP contribution is 2.22. The highest BCUT2D eigenvalue weighted by atomic mass is 16.5. The molecule has 1 atom stereocenters. The van der Waals surface area contributed by atoms with Gasteiger partial charge in [0, 0.05) is 13.1 Å². The standard InChI is InChI=1S/C17H28N4O/c1-14-7-5-11-21(13-14)12-6-10-19-17(18)20-15-8-3-4-9-16(15)22-2/h3-4,8-9,14H,5-7,10-13H2,1-2H3,(H3,18,19,20). The molecule has 1 saturated heterocycles. The van der Waals surface area contributed by atoms with E-state index in [1.54, 1.807) is 7.11 Å². The molecule has 0 aromatic heterocycles. The van der Waals surface area contributed by atoms with Crippen LogP contribution in [0.25, 0.3) is 0 Å². The number of likely N-dealkylation sites (tertiary alicyclic amines) is 1. The van der Waals surface area contributed by atoms with Crippen LogP contribution in [0.15, 0.2) is 29.3 Å². The van der Waals surface area contributed by atoms with E-state index < -0.39 is 0 Å². The van der Waals surface area contributed by atoms with Gasteiger partial charge < -0.3 is 20.7 Å². The summed E-state index contributed by atoms with van der Waals surface area (Å²) >= 11 is 0. The zero-order valence-corrected chi connectivity index (χ0v) is 13.7. The van der Waals surface area contributed by atoms with Crippen molar-refractivity contribution in [1.82, 2.24) is 4.90 Å². The van der Waals surface area contributed by atoms with Crippen LogP contribution in [-0.2, 0) is 0 Å². The van der Waals surface area contributed by atoms with E-state index >= 15 is 0 Å². The van der Waals surface area contributed by atoms with Crippen molar-refractivity contribution in [1.29, 1.82) is 0 Å². The molecule has 0 amide bonds. The maximum Gasteiger partial charge on any atom is 0.193 e. The van der Waals surface area contributed by atoms with Crippen LogP contribution < -0.4 is 15.8 Å². The van der Waals surface area contributed by atoms with Crippen molar-refractivity contribution in [2.75, 3.05) is 38.6 Å². The van der Waals surface area contributed by atoms with Gasteiger partial charge in [-0.1, -0.05) is 19.1 Å². The number of para-hydroxylation sites is 2. The van der Waals surface area contributed by atoms with Gasteiger partial charge in [0.05, 0.1) is 12.8 Å². The van der Waals surface area contributed by atoms with Gasteiger partial charge in [-0.05, 0) is 50.4 Å². The number of aliphatic imine (C=N–C) groups is 1. The number of anilines is 1. The Kier molecular flexibility index (Phi) is 6.52. The van der Waals surface area contributed by atoms with Crippen LogP contribution >= 0.6 is 0 Å². The van der Waals surface area contributed by atoms with Crippen molar-refractivity contribution < 1.29 is 4.74 Å². The number of piperidine rings is 1. The van der Waals surface area contributed by atoms with Crippen LogP contribution in [0.5, 0.6) is 5.75 Å². The molecule has 2 rings (SSSR count). The quantitative estimate of drug-likeness (QED) is 0.482. The normalized spacial score (nSPS) is 19.9. The topological polar surface area (TPSA) is 62.9 Å². The molecule has 0 aliphatic carbocycles. The van der Waals surface area contributed by atoms with Gasteiger partial charge in [0.15, 0.2) is 5.96 Å². The van der Waals surface area contributed by atoms with Crippen molar-refractivity contribution in [2.45, 2.75) is 26.2 Å². The third-order valence-corrected chi connectivity index (χ3v) is 4.03. The van der Waals surface area contributed by atoms with Gasteiger partial charge >= 0.3 is 0 Å². The van der Waals surface area contributed by atoms with Crippen LogP contribution in [0.1, 0.15) is 26.2 Å². The number of hydrogen-bond donors (Lipinski definition) is 2. The number of hydrogen-bond acceptors (Lipinski definition) is 3. The van der Waals surface area contributed by atoms with Crippen molar-refractivity contribution in [2.24, 2.45) is 16.6 Å². The fourth-order valence-electron chi connectivity index (χ4n) is 2.91. The van der Waals surface area contributed by atoms with Crippen molar-refractivity contribution in [3.8, 4) is 5.75 Å². The highest BCUT2D eigenvalue weighted by Gasteiger charge is 2.15. The van der Waals surface area contributed by atoms with E-state index in [1.165, 1.54) is 25.9 Å². The molecule has 0 spiro atoms. The second-order valence-corrected chi connectivity index (χ2v) is 5.99. The van der Waals surface area contributed by atoms with Crippen LogP contribution in [-0.4, -0.2) is 44.1 Å². The number of nitrogens with zero attached hydrogens (tertiary/aromatic N) is 2. The molecule has 1 unspecified atom stereocenters. The van der Waals surface area contributed by atoms with Gasteiger partial charge in [-0.2, -0.15) is 0 Å². The SMILES string of the molecule is COc1ccccc1NC(N)=NCCCN1CCCC(C)C1. The molecule has 22 heavy (non-hydrogen) atoms.